The van der Waals surface area contributed by atoms with Gasteiger partial charge in [0.15, 0.2) is 0 Å². The predicted octanol–water partition coefficient (Wildman–Crippen LogP) is 0.216. The monoisotopic (exact) mass is 260 g/mol. The summed E-state index contributed by atoms with van der Waals surface area (Å²) >= 11 is 0. The Kier molecular flexibility index (Phi) is 3.94. The molecule has 0 fully saturated rings. The van der Waals surface area contributed by atoms with Gasteiger partial charge in [0.05, 0.1) is 13.2 Å². The summed E-state index contributed by atoms with van der Waals surface area (Å²) in [7, 11) is 0. The molecule has 2 aromatic rings. The Labute approximate surface area is 110 Å². The third-order valence-electron chi connectivity index (χ3n) is 2.79. The lowest BCUT2D eigenvalue weighted by Crippen LogP contribution is -2.04. The van der Waals surface area contributed by atoms with Gasteiger partial charge < -0.3 is 21.7 Å². The topological polar surface area (TPSA) is 118 Å². The fourth-order valence-electron chi connectivity index (χ4n) is 1.91. The molecule has 1 aromatic carbocycles. The normalized spacial score (nSPS) is 10.6. The SMILES string of the molecule is Nc1ncc(Cc2cc(CO)cc(CO)c2)c(N)n1. The molecule has 0 radical (unpaired) electrons. The third kappa shape index (κ3) is 3.18. The maximum Gasteiger partial charge on any atom is 0.221 e. The summed E-state index contributed by atoms with van der Waals surface area (Å²) in [5.41, 5.74) is 14.4. The molecule has 0 aliphatic heterocycles. The molecule has 0 aliphatic rings. The van der Waals surface area contributed by atoms with Crippen LogP contribution < -0.4 is 11.5 Å². The molecule has 0 atom stereocenters. The van der Waals surface area contributed by atoms with E-state index < -0.39 is 0 Å². The summed E-state index contributed by atoms with van der Waals surface area (Å²) in [4.78, 5) is 7.81. The lowest BCUT2D eigenvalue weighted by molar-refractivity contribution is 0.275. The zero-order valence-corrected chi connectivity index (χ0v) is 10.4. The fraction of sp³-hybridized carbons (Fsp3) is 0.231. The largest absolute Gasteiger partial charge is 0.392 e. The number of hydrogen-bond acceptors (Lipinski definition) is 6. The van der Waals surface area contributed by atoms with Gasteiger partial charge in [0, 0.05) is 18.2 Å². The first-order valence-corrected chi connectivity index (χ1v) is 5.82. The lowest BCUT2D eigenvalue weighted by atomic mass is 10.0. The maximum absolute atomic E-state index is 9.19. The van der Waals surface area contributed by atoms with Gasteiger partial charge in [-0.15, -0.1) is 0 Å². The van der Waals surface area contributed by atoms with E-state index >= 15 is 0 Å². The Balaban J connectivity index is 2.31. The summed E-state index contributed by atoms with van der Waals surface area (Å²) in [6.45, 7) is -0.150. The number of nitrogens with two attached hydrogens (primary N) is 2. The molecule has 6 N–H and O–H groups in total. The second-order valence-corrected chi connectivity index (χ2v) is 4.29. The van der Waals surface area contributed by atoms with Crippen LogP contribution in [-0.4, -0.2) is 20.2 Å². The fourth-order valence-corrected chi connectivity index (χ4v) is 1.91. The first kappa shape index (κ1) is 13.3. The third-order valence-corrected chi connectivity index (χ3v) is 2.79. The molecular weight excluding hydrogens is 244 g/mol. The van der Waals surface area contributed by atoms with Crippen LogP contribution in [0.25, 0.3) is 0 Å². The van der Waals surface area contributed by atoms with Gasteiger partial charge in [-0.1, -0.05) is 18.2 Å². The van der Waals surface area contributed by atoms with Crippen LogP contribution in [0, 0.1) is 0 Å². The molecule has 0 bridgehead atoms. The van der Waals surface area contributed by atoms with Crippen molar-refractivity contribution < 1.29 is 10.2 Å². The molecule has 19 heavy (non-hydrogen) atoms. The molecule has 6 heteroatoms. The summed E-state index contributed by atoms with van der Waals surface area (Å²) in [5.74, 6) is 0.480. The van der Waals surface area contributed by atoms with E-state index in [4.69, 9.17) is 11.5 Å². The van der Waals surface area contributed by atoms with E-state index in [-0.39, 0.29) is 19.2 Å². The van der Waals surface area contributed by atoms with Gasteiger partial charge in [0.2, 0.25) is 5.95 Å². The zero-order valence-electron chi connectivity index (χ0n) is 10.4. The van der Waals surface area contributed by atoms with E-state index in [0.717, 1.165) is 22.3 Å². The average molecular weight is 260 g/mol. The number of benzene rings is 1. The van der Waals surface area contributed by atoms with Crippen molar-refractivity contribution >= 4 is 11.8 Å². The quantitative estimate of drug-likeness (QED) is 0.624. The molecule has 1 heterocycles. The summed E-state index contributed by atoms with van der Waals surface area (Å²) in [6, 6.07) is 5.47. The van der Waals surface area contributed by atoms with Gasteiger partial charge in [-0.2, -0.15) is 4.98 Å². The number of anilines is 2. The minimum Gasteiger partial charge on any atom is -0.392 e. The van der Waals surface area contributed by atoms with Gasteiger partial charge in [-0.05, 0) is 16.7 Å². The molecule has 6 nitrogen and oxygen atoms in total. The Hall–Kier alpha value is -2.18. The molecule has 0 unspecified atom stereocenters. The van der Waals surface area contributed by atoms with Crippen molar-refractivity contribution in [3.05, 3.63) is 46.6 Å². The molecule has 100 valence electrons. The highest BCUT2D eigenvalue weighted by Gasteiger charge is 2.06. The van der Waals surface area contributed by atoms with Crippen LogP contribution >= 0.6 is 0 Å². The highest BCUT2D eigenvalue weighted by atomic mass is 16.3. The molecule has 0 saturated carbocycles. The van der Waals surface area contributed by atoms with Gasteiger partial charge in [0.1, 0.15) is 5.82 Å². The number of nitrogen functional groups attached to an aromatic ring is 2. The van der Waals surface area contributed by atoms with E-state index in [0.29, 0.717) is 12.2 Å². The molecule has 0 amide bonds. The van der Waals surface area contributed by atoms with Gasteiger partial charge in [-0.25, -0.2) is 4.98 Å². The number of rotatable bonds is 4. The van der Waals surface area contributed by atoms with Crippen LogP contribution in [0.2, 0.25) is 0 Å². The van der Waals surface area contributed by atoms with Gasteiger partial charge >= 0.3 is 0 Å². The van der Waals surface area contributed by atoms with Crippen LogP contribution in [0.4, 0.5) is 11.8 Å². The lowest BCUT2D eigenvalue weighted by Gasteiger charge is -2.08. The molecule has 1 aromatic heterocycles. The number of nitrogens with zero attached hydrogens (tertiary/aromatic N) is 2. The predicted molar refractivity (Wildman–Crippen MR) is 72.0 cm³/mol. The maximum atomic E-state index is 9.19. The molecule has 0 aliphatic carbocycles. The second kappa shape index (κ2) is 5.64. The standard InChI is InChI=1S/C13H16N4O2/c14-12-11(5-16-13(15)17-12)4-8-1-9(6-18)3-10(2-8)7-19/h1-3,5,18-19H,4,6-7H2,(H4,14,15,16,17). The van der Waals surface area contributed by atoms with E-state index in [1.165, 1.54) is 0 Å². The van der Waals surface area contributed by atoms with E-state index in [9.17, 15) is 10.2 Å². The number of hydrogen-bond donors (Lipinski definition) is 4. The Morgan fingerprint density at radius 1 is 0.947 bits per heavy atom. The second-order valence-electron chi connectivity index (χ2n) is 4.29. The van der Waals surface area contributed by atoms with Crippen molar-refractivity contribution in [3.63, 3.8) is 0 Å². The molecule has 2 rings (SSSR count). The van der Waals surface area contributed by atoms with E-state index in [2.05, 4.69) is 9.97 Å². The van der Waals surface area contributed by atoms with Crippen LogP contribution in [0.5, 0.6) is 0 Å². The summed E-state index contributed by atoms with van der Waals surface area (Å²) in [6.07, 6.45) is 2.11. The van der Waals surface area contributed by atoms with Crippen LogP contribution in [0.15, 0.2) is 24.4 Å². The molecule has 0 spiro atoms. The van der Waals surface area contributed by atoms with Crippen LogP contribution in [0.3, 0.4) is 0 Å². The summed E-state index contributed by atoms with van der Waals surface area (Å²) in [5, 5.41) is 18.4. The van der Waals surface area contributed by atoms with Gasteiger partial charge in [-0.3, -0.25) is 0 Å². The van der Waals surface area contributed by atoms with Crippen molar-refractivity contribution in [1.29, 1.82) is 0 Å². The minimum absolute atomic E-state index is 0.0748. The number of aliphatic hydroxyl groups excluding tert-OH is 2. The Morgan fingerprint density at radius 3 is 2.05 bits per heavy atom. The van der Waals surface area contributed by atoms with Crippen LogP contribution in [-0.2, 0) is 19.6 Å². The zero-order chi connectivity index (χ0) is 13.8. The van der Waals surface area contributed by atoms with Crippen molar-refractivity contribution in [1.82, 2.24) is 9.97 Å². The van der Waals surface area contributed by atoms with Gasteiger partial charge in [0.25, 0.3) is 0 Å². The molecular formula is C13H16N4O2. The van der Waals surface area contributed by atoms with E-state index in [1.54, 1.807) is 12.3 Å². The average Bonchev–Trinajstić information content (AvgIpc) is 2.41. The van der Waals surface area contributed by atoms with Crippen molar-refractivity contribution in [3.8, 4) is 0 Å². The van der Waals surface area contributed by atoms with Crippen LogP contribution in [0.1, 0.15) is 22.3 Å². The smallest absolute Gasteiger partial charge is 0.221 e. The Morgan fingerprint density at radius 2 is 1.53 bits per heavy atom. The molecule has 0 saturated heterocycles. The van der Waals surface area contributed by atoms with Crippen molar-refractivity contribution in [2.75, 3.05) is 11.5 Å². The number of aliphatic hydroxyl groups is 2. The first-order chi connectivity index (χ1) is 9.12. The highest BCUT2D eigenvalue weighted by Crippen LogP contribution is 2.17. The highest BCUT2D eigenvalue weighted by molar-refractivity contribution is 5.44. The van der Waals surface area contributed by atoms with Crippen molar-refractivity contribution in [2.45, 2.75) is 19.6 Å². The Bertz CT molecular complexity index is 565. The minimum atomic E-state index is -0.0748. The number of aromatic nitrogens is 2. The van der Waals surface area contributed by atoms with E-state index in [1.807, 2.05) is 12.1 Å². The first-order valence-electron chi connectivity index (χ1n) is 5.82. The summed E-state index contributed by atoms with van der Waals surface area (Å²) < 4.78 is 0. The van der Waals surface area contributed by atoms with Crippen molar-refractivity contribution in [2.24, 2.45) is 0 Å².